The van der Waals surface area contributed by atoms with Crippen molar-refractivity contribution in [1.29, 1.82) is 0 Å². The highest BCUT2D eigenvalue weighted by molar-refractivity contribution is 5.78. The lowest BCUT2D eigenvalue weighted by Crippen LogP contribution is -2.25. The first-order valence-electron chi connectivity index (χ1n) is 5.74. The Hall–Kier alpha value is -2.30. The Balaban J connectivity index is 1.91. The van der Waals surface area contributed by atoms with Crippen LogP contribution in [0.15, 0.2) is 42.7 Å². The van der Waals surface area contributed by atoms with Gasteiger partial charge in [-0.25, -0.2) is 8.78 Å². The molecule has 0 aliphatic heterocycles. The van der Waals surface area contributed by atoms with Gasteiger partial charge in [-0.05, 0) is 23.3 Å². The molecule has 1 heterocycles. The first-order valence-corrected chi connectivity index (χ1v) is 5.74. The summed E-state index contributed by atoms with van der Waals surface area (Å²) in [6.45, 7) is 0.329. The summed E-state index contributed by atoms with van der Waals surface area (Å²) in [4.78, 5) is 15.5. The van der Waals surface area contributed by atoms with Gasteiger partial charge < -0.3 is 5.32 Å². The van der Waals surface area contributed by atoms with Crippen molar-refractivity contribution in [3.63, 3.8) is 0 Å². The van der Waals surface area contributed by atoms with Crippen LogP contribution >= 0.6 is 0 Å². The number of nitrogens with zero attached hydrogens (tertiary/aromatic N) is 1. The standard InChI is InChI=1S/C14H12F2N2O/c15-12-4-3-11(13(16)7-12)6-14(19)18-9-10-2-1-5-17-8-10/h1-5,7-8H,6,9H2,(H,18,19). The van der Waals surface area contributed by atoms with Gasteiger partial charge in [0.25, 0.3) is 0 Å². The van der Waals surface area contributed by atoms with Crippen molar-refractivity contribution in [1.82, 2.24) is 10.3 Å². The van der Waals surface area contributed by atoms with Crippen molar-refractivity contribution in [2.75, 3.05) is 0 Å². The van der Waals surface area contributed by atoms with Gasteiger partial charge in [0.1, 0.15) is 11.6 Å². The maximum Gasteiger partial charge on any atom is 0.224 e. The molecule has 0 spiro atoms. The molecule has 1 aromatic carbocycles. The number of aromatic nitrogens is 1. The molecule has 0 aliphatic rings. The van der Waals surface area contributed by atoms with E-state index >= 15 is 0 Å². The third-order valence-electron chi connectivity index (χ3n) is 2.58. The third kappa shape index (κ3) is 3.84. The van der Waals surface area contributed by atoms with Crippen LogP contribution in [0.4, 0.5) is 8.78 Å². The van der Waals surface area contributed by atoms with Gasteiger partial charge in [-0.2, -0.15) is 0 Å². The van der Waals surface area contributed by atoms with E-state index in [1.54, 1.807) is 18.5 Å². The molecule has 0 unspecified atom stereocenters. The van der Waals surface area contributed by atoms with Crippen molar-refractivity contribution in [2.24, 2.45) is 0 Å². The quantitative estimate of drug-likeness (QED) is 0.918. The number of pyridine rings is 1. The topological polar surface area (TPSA) is 42.0 Å². The normalized spacial score (nSPS) is 10.2. The second kappa shape index (κ2) is 6.04. The highest BCUT2D eigenvalue weighted by atomic mass is 19.1. The predicted molar refractivity (Wildman–Crippen MR) is 66.1 cm³/mol. The van der Waals surface area contributed by atoms with Crippen LogP contribution in [0.1, 0.15) is 11.1 Å². The van der Waals surface area contributed by atoms with Gasteiger partial charge in [-0.1, -0.05) is 12.1 Å². The van der Waals surface area contributed by atoms with Crippen LogP contribution in [0.25, 0.3) is 0 Å². The summed E-state index contributed by atoms with van der Waals surface area (Å²) in [7, 11) is 0. The molecule has 1 amide bonds. The number of hydrogen-bond acceptors (Lipinski definition) is 2. The van der Waals surface area contributed by atoms with Crippen molar-refractivity contribution in [2.45, 2.75) is 13.0 Å². The average Bonchev–Trinajstić information content (AvgIpc) is 2.41. The lowest BCUT2D eigenvalue weighted by atomic mass is 10.1. The van der Waals surface area contributed by atoms with Gasteiger partial charge in [-0.15, -0.1) is 0 Å². The van der Waals surface area contributed by atoms with E-state index in [2.05, 4.69) is 10.3 Å². The lowest BCUT2D eigenvalue weighted by Gasteiger charge is -2.06. The minimum atomic E-state index is -0.712. The maximum absolute atomic E-state index is 13.3. The number of amides is 1. The van der Waals surface area contributed by atoms with Crippen LogP contribution in [0.2, 0.25) is 0 Å². The summed E-state index contributed by atoms with van der Waals surface area (Å²) in [5.41, 5.74) is 1.03. The second-order valence-corrected chi connectivity index (χ2v) is 4.05. The molecule has 1 aromatic heterocycles. The number of halogens is 2. The molecule has 0 saturated heterocycles. The summed E-state index contributed by atoms with van der Waals surface area (Å²) in [5.74, 6) is -1.69. The molecular formula is C14H12F2N2O. The molecule has 0 bridgehead atoms. The Morgan fingerprint density at radius 2 is 2.11 bits per heavy atom. The van der Waals surface area contributed by atoms with Crippen LogP contribution in [0.5, 0.6) is 0 Å². The van der Waals surface area contributed by atoms with Gasteiger partial charge in [0.15, 0.2) is 0 Å². The van der Waals surface area contributed by atoms with E-state index in [4.69, 9.17) is 0 Å². The second-order valence-electron chi connectivity index (χ2n) is 4.05. The number of nitrogens with one attached hydrogen (secondary N) is 1. The Bertz CT molecular complexity index is 573. The molecule has 0 saturated carbocycles. The molecule has 0 fully saturated rings. The molecule has 0 radical (unpaired) electrons. The van der Waals surface area contributed by atoms with Crippen molar-refractivity contribution in [3.05, 3.63) is 65.5 Å². The number of hydrogen-bond donors (Lipinski definition) is 1. The summed E-state index contributed by atoms with van der Waals surface area (Å²) in [6, 6.07) is 6.76. The molecule has 19 heavy (non-hydrogen) atoms. The van der Waals surface area contributed by atoms with Gasteiger partial charge >= 0.3 is 0 Å². The number of carbonyl (C=O) groups excluding carboxylic acids is 1. The van der Waals surface area contributed by atoms with Crippen LogP contribution in [0.3, 0.4) is 0 Å². The summed E-state index contributed by atoms with van der Waals surface area (Å²) in [5, 5.41) is 2.65. The highest BCUT2D eigenvalue weighted by Gasteiger charge is 2.08. The first-order chi connectivity index (χ1) is 9.15. The smallest absolute Gasteiger partial charge is 0.224 e. The third-order valence-corrected chi connectivity index (χ3v) is 2.58. The molecule has 0 atom stereocenters. The minimum absolute atomic E-state index is 0.119. The van der Waals surface area contributed by atoms with Crippen LogP contribution < -0.4 is 5.32 Å². The molecule has 0 aliphatic carbocycles. The summed E-state index contributed by atoms with van der Waals surface area (Å²) < 4.78 is 26.1. The van der Waals surface area contributed by atoms with Gasteiger partial charge in [0, 0.05) is 25.0 Å². The number of benzene rings is 1. The Labute approximate surface area is 109 Å². The van der Waals surface area contributed by atoms with Crippen LogP contribution in [-0.2, 0) is 17.8 Å². The van der Waals surface area contributed by atoms with Gasteiger partial charge in [0.2, 0.25) is 5.91 Å². The van der Waals surface area contributed by atoms with E-state index in [1.807, 2.05) is 6.07 Å². The van der Waals surface area contributed by atoms with E-state index in [1.165, 1.54) is 6.07 Å². The molecule has 5 heteroatoms. The van der Waals surface area contributed by atoms with E-state index in [0.29, 0.717) is 6.54 Å². The summed E-state index contributed by atoms with van der Waals surface area (Å²) in [6.07, 6.45) is 3.16. The average molecular weight is 262 g/mol. The van der Waals surface area contributed by atoms with E-state index < -0.39 is 11.6 Å². The highest BCUT2D eigenvalue weighted by Crippen LogP contribution is 2.10. The Kier molecular flexibility index (Phi) is 4.18. The molecule has 3 nitrogen and oxygen atoms in total. The fourth-order valence-electron chi connectivity index (χ4n) is 1.60. The predicted octanol–water partition coefficient (Wildman–Crippen LogP) is 2.22. The van der Waals surface area contributed by atoms with Crippen LogP contribution in [-0.4, -0.2) is 10.9 Å². The fraction of sp³-hybridized carbons (Fsp3) is 0.143. The molecule has 2 rings (SSSR count). The molecular weight excluding hydrogens is 250 g/mol. The van der Waals surface area contributed by atoms with Crippen molar-refractivity contribution in [3.8, 4) is 0 Å². The number of rotatable bonds is 4. The molecule has 2 aromatic rings. The molecule has 98 valence electrons. The van der Waals surface area contributed by atoms with Gasteiger partial charge in [0.05, 0.1) is 6.42 Å². The van der Waals surface area contributed by atoms with Crippen molar-refractivity contribution < 1.29 is 13.6 Å². The zero-order valence-electron chi connectivity index (χ0n) is 10.1. The summed E-state index contributed by atoms with van der Waals surface area (Å²) >= 11 is 0. The largest absolute Gasteiger partial charge is 0.352 e. The Morgan fingerprint density at radius 3 is 2.79 bits per heavy atom. The first kappa shape index (κ1) is 13.1. The monoisotopic (exact) mass is 262 g/mol. The van der Waals surface area contributed by atoms with E-state index in [9.17, 15) is 13.6 Å². The van der Waals surface area contributed by atoms with Gasteiger partial charge in [-0.3, -0.25) is 9.78 Å². The molecule has 1 N–H and O–H groups in total. The lowest BCUT2D eigenvalue weighted by molar-refractivity contribution is -0.120. The Morgan fingerprint density at radius 1 is 1.26 bits per heavy atom. The minimum Gasteiger partial charge on any atom is -0.352 e. The van der Waals surface area contributed by atoms with E-state index in [-0.39, 0.29) is 17.9 Å². The fourth-order valence-corrected chi connectivity index (χ4v) is 1.60. The SMILES string of the molecule is O=C(Cc1ccc(F)cc1F)NCc1cccnc1. The van der Waals surface area contributed by atoms with Crippen molar-refractivity contribution >= 4 is 5.91 Å². The number of carbonyl (C=O) groups is 1. The maximum atomic E-state index is 13.3. The van der Waals surface area contributed by atoms with Crippen LogP contribution in [0, 0.1) is 11.6 Å². The zero-order valence-corrected chi connectivity index (χ0v) is 10.1. The zero-order chi connectivity index (χ0) is 13.7. The van der Waals surface area contributed by atoms with E-state index in [0.717, 1.165) is 17.7 Å².